The van der Waals surface area contributed by atoms with Gasteiger partial charge in [-0.2, -0.15) is 0 Å². The summed E-state index contributed by atoms with van der Waals surface area (Å²) in [5.74, 6) is 0.767. The number of rotatable bonds is 3. The zero-order valence-corrected chi connectivity index (χ0v) is 15.4. The number of phenolic OH excluding ortho intramolecular Hbond substituents is 2. The largest absolute Gasteiger partial charge is 0.508 e. The second-order valence-electron chi connectivity index (χ2n) is 7.93. The molecule has 1 aliphatic carbocycles. The topological polar surface area (TPSA) is 40.5 Å². The number of aromatic hydroxyl groups is 2. The Labute approximate surface area is 145 Å². The van der Waals surface area contributed by atoms with E-state index < -0.39 is 0 Å². The van der Waals surface area contributed by atoms with Gasteiger partial charge in [-0.25, -0.2) is 0 Å². The van der Waals surface area contributed by atoms with Crippen LogP contribution in [0.25, 0.3) is 0 Å². The van der Waals surface area contributed by atoms with Crippen LogP contribution in [0.3, 0.4) is 0 Å². The summed E-state index contributed by atoms with van der Waals surface area (Å²) >= 11 is 0. The van der Waals surface area contributed by atoms with Crippen molar-refractivity contribution in [3.8, 4) is 11.5 Å². The SMILES string of the molecule is CCc1cc(C2(C)CC(C)(C)c3ccc(O)c(CC)c32)ccc1O. The van der Waals surface area contributed by atoms with Crippen molar-refractivity contribution in [2.75, 3.05) is 0 Å². The Hall–Kier alpha value is -1.96. The lowest BCUT2D eigenvalue weighted by Gasteiger charge is -2.30. The predicted molar refractivity (Wildman–Crippen MR) is 99.1 cm³/mol. The van der Waals surface area contributed by atoms with E-state index >= 15 is 0 Å². The Kier molecular flexibility index (Phi) is 3.90. The number of phenols is 2. The third-order valence-electron chi connectivity index (χ3n) is 5.82. The molecule has 1 aliphatic rings. The minimum absolute atomic E-state index is 0.0615. The first-order chi connectivity index (χ1) is 11.2. The van der Waals surface area contributed by atoms with Crippen molar-refractivity contribution in [1.29, 1.82) is 0 Å². The molecule has 2 heteroatoms. The molecule has 0 aliphatic heterocycles. The highest BCUT2D eigenvalue weighted by molar-refractivity contribution is 5.59. The normalized spacial score (nSPS) is 21.7. The molecule has 2 aromatic carbocycles. The molecule has 128 valence electrons. The van der Waals surface area contributed by atoms with Gasteiger partial charge in [-0.1, -0.05) is 52.8 Å². The van der Waals surface area contributed by atoms with Gasteiger partial charge in [-0.15, -0.1) is 0 Å². The Balaban J connectivity index is 2.29. The highest BCUT2D eigenvalue weighted by Gasteiger charge is 2.47. The van der Waals surface area contributed by atoms with Crippen LogP contribution in [-0.4, -0.2) is 10.2 Å². The van der Waals surface area contributed by atoms with Gasteiger partial charge in [0.05, 0.1) is 0 Å². The van der Waals surface area contributed by atoms with Gasteiger partial charge in [0.15, 0.2) is 0 Å². The predicted octanol–water partition coefficient (Wildman–Crippen LogP) is 5.21. The molecule has 1 unspecified atom stereocenters. The van der Waals surface area contributed by atoms with Crippen molar-refractivity contribution in [2.24, 2.45) is 0 Å². The second kappa shape index (κ2) is 5.54. The maximum absolute atomic E-state index is 10.4. The molecule has 2 nitrogen and oxygen atoms in total. The number of hydrogen-bond donors (Lipinski definition) is 2. The molecule has 0 bridgehead atoms. The smallest absolute Gasteiger partial charge is 0.119 e. The molecule has 0 saturated heterocycles. The monoisotopic (exact) mass is 324 g/mol. The van der Waals surface area contributed by atoms with E-state index in [0.29, 0.717) is 11.5 Å². The van der Waals surface area contributed by atoms with Crippen molar-refractivity contribution >= 4 is 0 Å². The van der Waals surface area contributed by atoms with Crippen molar-refractivity contribution in [3.05, 3.63) is 58.1 Å². The number of benzene rings is 2. The third-order valence-corrected chi connectivity index (χ3v) is 5.82. The Morgan fingerprint density at radius 1 is 0.917 bits per heavy atom. The molecular formula is C22H28O2. The van der Waals surface area contributed by atoms with Crippen LogP contribution in [-0.2, 0) is 23.7 Å². The van der Waals surface area contributed by atoms with E-state index in [1.54, 1.807) is 0 Å². The summed E-state index contributed by atoms with van der Waals surface area (Å²) in [4.78, 5) is 0. The fraction of sp³-hybridized carbons (Fsp3) is 0.455. The van der Waals surface area contributed by atoms with Gasteiger partial charge in [0.25, 0.3) is 0 Å². The average Bonchev–Trinajstić information content (AvgIpc) is 2.75. The first-order valence-electron chi connectivity index (χ1n) is 8.92. The zero-order valence-electron chi connectivity index (χ0n) is 15.4. The summed E-state index contributed by atoms with van der Waals surface area (Å²) in [6.07, 6.45) is 2.63. The van der Waals surface area contributed by atoms with E-state index in [-0.39, 0.29) is 10.8 Å². The Bertz CT molecular complexity index is 789. The minimum atomic E-state index is -0.152. The van der Waals surface area contributed by atoms with Crippen molar-refractivity contribution in [1.82, 2.24) is 0 Å². The van der Waals surface area contributed by atoms with Gasteiger partial charge in [-0.3, -0.25) is 0 Å². The lowest BCUT2D eigenvalue weighted by Crippen LogP contribution is -2.24. The van der Waals surface area contributed by atoms with Gasteiger partial charge in [0.1, 0.15) is 11.5 Å². The highest BCUT2D eigenvalue weighted by atomic mass is 16.3. The van der Waals surface area contributed by atoms with Gasteiger partial charge in [0, 0.05) is 5.41 Å². The second-order valence-corrected chi connectivity index (χ2v) is 7.93. The molecular weight excluding hydrogens is 296 g/mol. The van der Waals surface area contributed by atoms with E-state index in [1.165, 1.54) is 16.7 Å². The molecule has 0 spiro atoms. The van der Waals surface area contributed by atoms with Crippen LogP contribution in [0.1, 0.15) is 68.9 Å². The van der Waals surface area contributed by atoms with Crippen LogP contribution in [0.5, 0.6) is 11.5 Å². The van der Waals surface area contributed by atoms with Crippen molar-refractivity contribution in [3.63, 3.8) is 0 Å². The van der Waals surface area contributed by atoms with Gasteiger partial charge < -0.3 is 10.2 Å². The first kappa shape index (κ1) is 16.9. The molecule has 0 radical (unpaired) electrons. The molecule has 0 fully saturated rings. The fourth-order valence-electron chi connectivity index (χ4n) is 4.71. The van der Waals surface area contributed by atoms with E-state index in [2.05, 4.69) is 46.8 Å². The van der Waals surface area contributed by atoms with Crippen molar-refractivity contribution < 1.29 is 10.2 Å². The van der Waals surface area contributed by atoms with E-state index in [9.17, 15) is 10.2 Å². The molecule has 2 N–H and O–H groups in total. The molecule has 2 aromatic rings. The van der Waals surface area contributed by atoms with Gasteiger partial charge in [-0.05, 0) is 64.6 Å². The van der Waals surface area contributed by atoms with E-state index in [0.717, 1.165) is 30.4 Å². The quantitative estimate of drug-likeness (QED) is 0.813. The molecule has 0 aromatic heterocycles. The summed E-state index contributed by atoms with van der Waals surface area (Å²) in [5, 5.41) is 20.5. The zero-order chi connectivity index (χ0) is 17.7. The summed E-state index contributed by atoms with van der Waals surface area (Å²) in [6, 6.07) is 9.95. The van der Waals surface area contributed by atoms with Gasteiger partial charge in [0.2, 0.25) is 0 Å². The van der Waals surface area contributed by atoms with E-state index in [4.69, 9.17) is 0 Å². The Morgan fingerprint density at radius 2 is 1.58 bits per heavy atom. The number of hydrogen-bond acceptors (Lipinski definition) is 2. The maximum atomic E-state index is 10.4. The molecule has 3 rings (SSSR count). The Morgan fingerprint density at radius 3 is 2.21 bits per heavy atom. The van der Waals surface area contributed by atoms with Crippen LogP contribution >= 0.6 is 0 Å². The lowest BCUT2D eigenvalue weighted by molar-refractivity contribution is 0.421. The van der Waals surface area contributed by atoms with Crippen LogP contribution in [0.4, 0.5) is 0 Å². The molecule has 0 saturated carbocycles. The van der Waals surface area contributed by atoms with E-state index in [1.807, 2.05) is 18.2 Å². The minimum Gasteiger partial charge on any atom is -0.508 e. The van der Waals surface area contributed by atoms with Crippen LogP contribution in [0.2, 0.25) is 0 Å². The molecule has 24 heavy (non-hydrogen) atoms. The summed E-state index contributed by atoms with van der Waals surface area (Å²) in [7, 11) is 0. The molecule has 1 atom stereocenters. The fourth-order valence-corrected chi connectivity index (χ4v) is 4.71. The summed E-state index contributed by atoms with van der Waals surface area (Å²) in [5.41, 5.74) is 5.80. The number of fused-ring (bicyclic) bond motifs is 1. The summed E-state index contributed by atoms with van der Waals surface area (Å²) < 4.78 is 0. The van der Waals surface area contributed by atoms with Crippen molar-refractivity contribution in [2.45, 2.75) is 64.7 Å². The molecule has 0 amide bonds. The first-order valence-corrected chi connectivity index (χ1v) is 8.92. The van der Waals surface area contributed by atoms with Crippen LogP contribution < -0.4 is 0 Å². The van der Waals surface area contributed by atoms with Crippen LogP contribution in [0.15, 0.2) is 30.3 Å². The highest BCUT2D eigenvalue weighted by Crippen LogP contribution is 2.55. The van der Waals surface area contributed by atoms with Gasteiger partial charge >= 0.3 is 0 Å². The number of aryl methyl sites for hydroxylation is 1. The standard InChI is InChI=1S/C22H28O2/c1-6-14-12-15(8-10-18(14)23)22(5)13-21(3,4)17-9-11-19(24)16(7-2)20(17)22/h8-12,23-24H,6-7,13H2,1-5H3. The molecule has 0 heterocycles. The lowest BCUT2D eigenvalue weighted by atomic mass is 9.73. The maximum Gasteiger partial charge on any atom is 0.119 e. The average molecular weight is 324 g/mol. The third kappa shape index (κ3) is 2.31. The van der Waals surface area contributed by atoms with Crippen LogP contribution in [0, 0.1) is 0 Å². The summed E-state index contributed by atoms with van der Waals surface area (Å²) in [6.45, 7) is 11.0.